The van der Waals surface area contributed by atoms with E-state index in [2.05, 4.69) is 4.74 Å². The number of fused-ring (bicyclic) bond motifs is 3. The molecule has 0 N–H and O–H groups in total. The predicted molar refractivity (Wildman–Crippen MR) is 85.8 cm³/mol. The molecule has 0 amide bonds. The van der Waals surface area contributed by atoms with E-state index in [1.807, 2.05) is 6.07 Å². The average molecular weight is 316 g/mol. The third-order valence-corrected chi connectivity index (χ3v) is 4.29. The Hall–Kier alpha value is -2.30. The summed E-state index contributed by atoms with van der Waals surface area (Å²) >= 11 is 0. The van der Waals surface area contributed by atoms with Crippen LogP contribution in [0.25, 0.3) is 11.0 Å². The van der Waals surface area contributed by atoms with Gasteiger partial charge in [-0.3, -0.25) is 0 Å². The summed E-state index contributed by atoms with van der Waals surface area (Å²) < 4.78 is 15.7. The molecule has 1 aromatic heterocycles. The lowest BCUT2D eigenvalue weighted by atomic mass is 10.0. The molecule has 5 nitrogen and oxygen atoms in total. The van der Waals surface area contributed by atoms with Gasteiger partial charge < -0.3 is 13.9 Å². The second-order valence-corrected chi connectivity index (χ2v) is 5.85. The largest absolute Gasteiger partial charge is 0.479 e. The molecule has 1 aliphatic carbocycles. The third kappa shape index (κ3) is 3.09. The number of rotatable bonds is 3. The van der Waals surface area contributed by atoms with Crippen molar-refractivity contribution in [2.45, 2.75) is 45.1 Å². The van der Waals surface area contributed by atoms with E-state index < -0.39 is 12.1 Å². The number of hydrogen-bond donors (Lipinski definition) is 0. The highest BCUT2D eigenvalue weighted by Crippen LogP contribution is 2.29. The summed E-state index contributed by atoms with van der Waals surface area (Å²) in [6.45, 7) is 1.61. The molecule has 0 unspecified atom stereocenters. The van der Waals surface area contributed by atoms with Gasteiger partial charge >= 0.3 is 11.6 Å². The zero-order valence-electron chi connectivity index (χ0n) is 13.4. The zero-order valence-corrected chi connectivity index (χ0v) is 13.4. The minimum atomic E-state index is -0.718. The number of aryl methyl sites for hydroxylation is 1. The van der Waals surface area contributed by atoms with Gasteiger partial charge in [0.15, 0.2) is 6.10 Å². The highest BCUT2D eigenvalue weighted by atomic mass is 16.6. The minimum Gasteiger partial charge on any atom is -0.479 e. The molecule has 3 rings (SSSR count). The van der Waals surface area contributed by atoms with Crippen LogP contribution in [0.1, 0.15) is 37.3 Å². The van der Waals surface area contributed by atoms with Crippen molar-refractivity contribution in [2.75, 3.05) is 7.11 Å². The normalized spacial score (nSPS) is 15.6. The summed E-state index contributed by atoms with van der Waals surface area (Å²) in [6, 6.07) is 5.37. The van der Waals surface area contributed by atoms with Crippen molar-refractivity contribution < 1.29 is 18.7 Å². The maximum Gasteiger partial charge on any atom is 0.346 e. The first-order valence-electron chi connectivity index (χ1n) is 7.93. The fourth-order valence-electron chi connectivity index (χ4n) is 3.09. The Morgan fingerprint density at radius 1 is 1.17 bits per heavy atom. The van der Waals surface area contributed by atoms with E-state index in [0.717, 1.165) is 48.6 Å². The topological polar surface area (TPSA) is 65.7 Å². The van der Waals surface area contributed by atoms with Gasteiger partial charge in [-0.2, -0.15) is 0 Å². The molecule has 2 aromatic rings. The summed E-state index contributed by atoms with van der Waals surface area (Å²) in [5.74, 6) is 0.0283. The van der Waals surface area contributed by atoms with E-state index in [-0.39, 0.29) is 5.63 Å². The lowest BCUT2D eigenvalue weighted by Gasteiger charge is -2.13. The average Bonchev–Trinajstić information content (AvgIpc) is 2.80. The van der Waals surface area contributed by atoms with Crippen LogP contribution in [0.15, 0.2) is 27.4 Å². The van der Waals surface area contributed by atoms with Gasteiger partial charge in [0.1, 0.15) is 11.3 Å². The molecule has 0 spiro atoms. The highest BCUT2D eigenvalue weighted by Gasteiger charge is 2.19. The van der Waals surface area contributed by atoms with Crippen LogP contribution in [0.5, 0.6) is 5.75 Å². The van der Waals surface area contributed by atoms with Gasteiger partial charge in [0.05, 0.1) is 7.11 Å². The summed E-state index contributed by atoms with van der Waals surface area (Å²) in [5.41, 5.74) is 2.16. The zero-order chi connectivity index (χ0) is 16.4. The van der Waals surface area contributed by atoms with Crippen molar-refractivity contribution in [3.63, 3.8) is 0 Å². The van der Waals surface area contributed by atoms with Gasteiger partial charge in [-0.15, -0.1) is 0 Å². The van der Waals surface area contributed by atoms with Gasteiger partial charge in [0.25, 0.3) is 0 Å². The number of esters is 1. The molecule has 23 heavy (non-hydrogen) atoms. The lowest BCUT2D eigenvalue weighted by molar-refractivity contribution is -0.147. The standard InChI is InChI=1S/C18H20O5/c1-11(17(19)21-2)22-12-8-9-14-13-6-4-3-5-7-15(13)18(20)23-16(14)10-12/h8-11H,3-7H2,1-2H3/t11-/m0/s1. The smallest absolute Gasteiger partial charge is 0.346 e. The Morgan fingerprint density at radius 2 is 1.91 bits per heavy atom. The summed E-state index contributed by atoms with van der Waals surface area (Å²) in [4.78, 5) is 23.7. The molecule has 0 radical (unpaired) electrons. The maximum atomic E-state index is 12.2. The number of ether oxygens (including phenoxy) is 2. The Balaban J connectivity index is 2.01. The van der Waals surface area contributed by atoms with Crippen molar-refractivity contribution in [2.24, 2.45) is 0 Å². The first-order chi connectivity index (χ1) is 11.1. The van der Waals surface area contributed by atoms with E-state index in [4.69, 9.17) is 9.15 Å². The molecule has 0 saturated heterocycles. The third-order valence-electron chi connectivity index (χ3n) is 4.29. The van der Waals surface area contributed by atoms with Crippen LogP contribution in [0.4, 0.5) is 0 Å². The molecular formula is C18H20O5. The SMILES string of the molecule is COC(=O)[C@H](C)Oc1ccc2c3c(c(=O)oc2c1)CCCCC3. The molecule has 0 fully saturated rings. The van der Waals surface area contributed by atoms with E-state index in [0.29, 0.717) is 11.3 Å². The van der Waals surface area contributed by atoms with Crippen LogP contribution in [0.3, 0.4) is 0 Å². The van der Waals surface area contributed by atoms with Gasteiger partial charge in [-0.05, 0) is 50.3 Å². The first-order valence-corrected chi connectivity index (χ1v) is 7.93. The monoisotopic (exact) mass is 316 g/mol. The number of hydrogen-bond acceptors (Lipinski definition) is 5. The number of carbonyl (C=O) groups excluding carboxylic acids is 1. The van der Waals surface area contributed by atoms with Crippen molar-refractivity contribution >= 4 is 16.9 Å². The fourth-order valence-corrected chi connectivity index (χ4v) is 3.09. The molecule has 1 heterocycles. The van der Waals surface area contributed by atoms with Gasteiger partial charge in [0, 0.05) is 17.0 Å². The van der Waals surface area contributed by atoms with Crippen LogP contribution >= 0.6 is 0 Å². The molecule has 0 saturated carbocycles. The molecule has 1 atom stereocenters. The minimum absolute atomic E-state index is 0.257. The van der Waals surface area contributed by atoms with Gasteiger partial charge in [-0.1, -0.05) is 6.42 Å². The lowest BCUT2D eigenvalue weighted by Crippen LogP contribution is -2.24. The maximum absolute atomic E-state index is 12.2. The van der Waals surface area contributed by atoms with Crippen molar-refractivity contribution in [1.29, 1.82) is 0 Å². The van der Waals surface area contributed by atoms with E-state index in [1.165, 1.54) is 7.11 Å². The number of methoxy groups -OCH3 is 1. The van der Waals surface area contributed by atoms with Crippen molar-refractivity contribution in [1.82, 2.24) is 0 Å². The molecule has 0 bridgehead atoms. The highest BCUT2D eigenvalue weighted by molar-refractivity contribution is 5.83. The van der Waals surface area contributed by atoms with Crippen molar-refractivity contribution in [3.05, 3.63) is 39.7 Å². The quantitative estimate of drug-likeness (QED) is 0.495. The molecule has 5 heteroatoms. The molecule has 1 aromatic carbocycles. The van der Waals surface area contributed by atoms with Crippen LogP contribution in [0.2, 0.25) is 0 Å². The molecular weight excluding hydrogens is 296 g/mol. The van der Waals surface area contributed by atoms with E-state index in [9.17, 15) is 9.59 Å². The molecule has 122 valence electrons. The van der Waals surface area contributed by atoms with E-state index >= 15 is 0 Å². The Labute approximate surface area is 134 Å². The second-order valence-electron chi connectivity index (χ2n) is 5.85. The summed E-state index contributed by atoms with van der Waals surface area (Å²) in [5, 5.41) is 0.958. The van der Waals surface area contributed by atoms with Gasteiger partial charge in [0.2, 0.25) is 0 Å². The van der Waals surface area contributed by atoms with Crippen LogP contribution in [-0.2, 0) is 22.4 Å². The predicted octanol–water partition coefficient (Wildman–Crippen LogP) is 3.00. The molecule has 1 aliphatic rings. The van der Waals surface area contributed by atoms with Gasteiger partial charge in [-0.25, -0.2) is 9.59 Å². The second kappa shape index (κ2) is 6.44. The Morgan fingerprint density at radius 3 is 2.65 bits per heavy atom. The van der Waals surface area contributed by atoms with Crippen LogP contribution in [-0.4, -0.2) is 19.2 Å². The van der Waals surface area contributed by atoms with E-state index in [1.54, 1.807) is 19.1 Å². The van der Waals surface area contributed by atoms with Crippen molar-refractivity contribution in [3.8, 4) is 5.75 Å². The molecule has 0 aliphatic heterocycles. The number of benzene rings is 1. The van der Waals surface area contributed by atoms with Crippen LogP contribution < -0.4 is 10.4 Å². The first kappa shape index (κ1) is 15.6. The number of carbonyl (C=O) groups is 1. The fraction of sp³-hybridized carbons (Fsp3) is 0.444. The Bertz CT molecular complexity index is 790. The van der Waals surface area contributed by atoms with Crippen LogP contribution in [0, 0.1) is 0 Å². The summed E-state index contributed by atoms with van der Waals surface area (Å²) in [6.07, 6.45) is 4.21. The summed E-state index contributed by atoms with van der Waals surface area (Å²) in [7, 11) is 1.32. The Kier molecular flexibility index (Phi) is 4.37.